The van der Waals surface area contributed by atoms with Gasteiger partial charge in [-0.25, -0.2) is 12.8 Å². The molecule has 1 aliphatic heterocycles. The summed E-state index contributed by atoms with van der Waals surface area (Å²) in [7, 11) is -1.84. The lowest BCUT2D eigenvalue weighted by Crippen LogP contribution is -2.49. The summed E-state index contributed by atoms with van der Waals surface area (Å²) < 4.78 is 50.5. The molecule has 0 unspecified atom stereocenters. The quantitative estimate of drug-likeness (QED) is 0.678. The second-order valence-electron chi connectivity index (χ2n) is 6.32. The third-order valence-electron chi connectivity index (χ3n) is 4.57. The van der Waals surface area contributed by atoms with Crippen LogP contribution in [0, 0.1) is 5.82 Å². The van der Waals surface area contributed by atoms with Crippen LogP contribution in [0.3, 0.4) is 0 Å². The Hall–Kier alpha value is -2.03. The first-order chi connectivity index (χ1) is 13.4. The number of nitrogens with zero attached hydrogens (tertiary/aromatic N) is 2. The number of methoxy groups -OCH3 is 1. The minimum atomic E-state index is -3.42. The molecule has 0 bridgehead atoms. The number of piperazine rings is 1. The maximum Gasteiger partial charge on any atom is 0.217 e. The largest absolute Gasteiger partial charge is 0.497 e. The zero-order valence-corrected chi connectivity index (χ0v) is 17.0. The van der Waals surface area contributed by atoms with Gasteiger partial charge in [-0.15, -0.1) is 0 Å². The number of halogens is 2. The fourth-order valence-corrected chi connectivity index (χ4v) is 4.42. The Morgan fingerprint density at radius 1 is 1.04 bits per heavy atom. The van der Waals surface area contributed by atoms with Crippen LogP contribution >= 0.6 is 11.6 Å². The molecule has 0 spiro atoms. The highest BCUT2D eigenvalue weighted by Gasteiger charge is 2.27. The first-order valence-corrected chi connectivity index (χ1v) is 10.8. The van der Waals surface area contributed by atoms with Crippen molar-refractivity contribution in [3.05, 3.63) is 53.3 Å². The van der Waals surface area contributed by atoms with E-state index in [9.17, 15) is 12.8 Å². The van der Waals surface area contributed by atoms with Gasteiger partial charge in [0.05, 0.1) is 17.9 Å². The van der Waals surface area contributed by atoms with E-state index in [4.69, 9.17) is 21.1 Å². The van der Waals surface area contributed by atoms with Crippen LogP contribution in [0.2, 0.25) is 5.02 Å². The molecule has 1 fully saturated rings. The van der Waals surface area contributed by atoms with E-state index in [1.807, 2.05) is 4.90 Å². The maximum atomic E-state index is 13.3. The fraction of sp³-hybridized carbons (Fsp3) is 0.368. The summed E-state index contributed by atoms with van der Waals surface area (Å²) in [4.78, 5) is 1.99. The minimum absolute atomic E-state index is 0.0585. The Bertz CT molecular complexity index is 901. The molecule has 6 nitrogen and oxygen atoms in total. The summed E-state index contributed by atoms with van der Waals surface area (Å²) >= 11 is 5.83. The molecule has 1 heterocycles. The summed E-state index contributed by atoms with van der Waals surface area (Å²) in [6.45, 7) is 1.82. The van der Waals surface area contributed by atoms with Crippen LogP contribution in [0.1, 0.15) is 0 Å². The first-order valence-electron chi connectivity index (χ1n) is 8.84. The van der Waals surface area contributed by atoms with Crippen molar-refractivity contribution < 1.29 is 22.3 Å². The van der Waals surface area contributed by atoms with Crippen LogP contribution in [-0.4, -0.2) is 58.4 Å². The Labute approximate surface area is 169 Å². The molecule has 0 aliphatic carbocycles. The molecule has 1 aliphatic rings. The van der Waals surface area contributed by atoms with Crippen LogP contribution in [0.5, 0.6) is 11.5 Å². The predicted octanol–water partition coefficient (Wildman–Crippen LogP) is 3.02. The van der Waals surface area contributed by atoms with Gasteiger partial charge in [0.1, 0.15) is 23.9 Å². The van der Waals surface area contributed by atoms with Gasteiger partial charge in [-0.1, -0.05) is 11.6 Å². The number of sulfonamides is 1. The summed E-state index contributed by atoms with van der Waals surface area (Å²) in [5.41, 5.74) is 0.784. The Balaban J connectivity index is 1.50. The van der Waals surface area contributed by atoms with Crippen molar-refractivity contribution in [1.29, 1.82) is 0 Å². The highest BCUT2D eigenvalue weighted by Crippen LogP contribution is 2.24. The average molecular weight is 429 g/mol. The second-order valence-corrected chi connectivity index (χ2v) is 8.82. The number of benzene rings is 2. The molecule has 0 saturated carbocycles. The molecule has 0 radical (unpaired) electrons. The van der Waals surface area contributed by atoms with E-state index < -0.39 is 15.8 Å². The van der Waals surface area contributed by atoms with Gasteiger partial charge in [0.15, 0.2) is 0 Å². The van der Waals surface area contributed by atoms with E-state index in [1.54, 1.807) is 43.5 Å². The highest BCUT2D eigenvalue weighted by molar-refractivity contribution is 7.89. The van der Waals surface area contributed by atoms with Gasteiger partial charge in [-0.05, 0) is 42.5 Å². The van der Waals surface area contributed by atoms with Crippen molar-refractivity contribution >= 4 is 27.3 Å². The van der Waals surface area contributed by atoms with Crippen molar-refractivity contribution in [3.63, 3.8) is 0 Å². The van der Waals surface area contributed by atoms with Crippen LogP contribution in [0.4, 0.5) is 10.1 Å². The number of anilines is 1. The summed E-state index contributed by atoms with van der Waals surface area (Å²) in [5.74, 6) is 0.735. The van der Waals surface area contributed by atoms with Crippen molar-refractivity contribution in [3.8, 4) is 11.5 Å². The van der Waals surface area contributed by atoms with Crippen molar-refractivity contribution in [2.75, 3.05) is 50.5 Å². The molecule has 2 aromatic rings. The highest BCUT2D eigenvalue weighted by atomic mass is 35.5. The molecule has 152 valence electrons. The monoisotopic (exact) mass is 428 g/mol. The van der Waals surface area contributed by atoms with Gasteiger partial charge in [-0.2, -0.15) is 4.31 Å². The second kappa shape index (κ2) is 8.98. The molecule has 0 amide bonds. The summed E-state index contributed by atoms with van der Waals surface area (Å²) in [6, 6.07) is 11.5. The summed E-state index contributed by atoms with van der Waals surface area (Å²) in [5, 5.41) is 0.0585. The van der Waals surface area contributed by atoms with Crippen molar-refractivity contribution in [1.82, 2.24) is 4.31 Å². The van der Waals surface area contributed by atoms with E-state index in [0.29, 0.717) is 37.7 Å². The lowest BCUT2D eigenvalue weighted by Gasteiger charge is -2.35. The average Bonchev–Trinajstić information content (AvgIpc) is 2.70. The predicted molar refractivity (Wildman–Crippen MR) is 107 cm³/mol. The number of hydrogen-bond acceptors (Lipinski definition) is 5. The molecule has 1 saturated heterocycles. The maximum absolute atomic E-state index is 13.3. The molecule has 3 rings (SSSR count). The van der Waals surface area contributed by atoms with Crippen molar-refractivity contribution in [2.24, 2.45) is 0 Å². The standard InChI is InChI=1S/C19H22ClFN2O4S/c1-26-16-3-5-17(6-4-16)27-12-13-28(24,25)23-10-8-22(9-11-23)15-2-7-19(21)18(20)14-15/h2-7,14H,8-13H2,1H3. The number of rotatable bonds is 7. The number of ether oxygens (including phenoxy) is 2. The molecule has 9 heteroatoms. The van der Waals surface area contributed by atoms with Crippen LogP contribution in [0.15, 0.2) is 42.5 Å². The third-order valence-corrected chi connectivity index (χ3v) is 6.69. The lowest BCUT2D eigenvalue weighted by atomic mass is 10.2. The lowest BCUT2D eigenvalue weighted by molar-refractivity contribution is 0.330. The van der Waals surface area contributed by atoms with E-state index in [0.717, 1.165) is 5.69 Å². The van der Waals surface area contributed by atoms with Crippen LogP contribution < -0.4 is 14.4 Å². The van der Waals surface area contributed by atoms with Gasteiger partial charge in [0.2, 0.25) is 10.0 Å². The SMILES string of the molecule is COc1ccc(OCCS(=O)(=O)N2CCN(c3ccc(F)c(Cl)c3)CC2)cc1. The molecule has 2 aromatic carbocycles. The molecule has 0 aromatic heterocycles. The third kappa shape index (κ3) is 5.06. The Morgan fingerprint density at radius 2 is 1.68 bits per heavy atom. The zero-order valence-electron chi connectivity index (χ0n) is 15.5. The molecular formula is C19H22ClFN2O4S. The normalized spacial score (nSPS) is 15.5. The van der Waals surface area contributed by atoms with E-state index in [-0.39, 0.29) is 17.4 Å². The molecular weight excluding hydrogens is 407 g/mol. The van der Waals surface area contributed by atoms with Crippen molar-refractivity contribution in [2.45, 2.75) is 0 Å². The van der Waals surface area contributed by atoms with Crippen LogP contribution in [-0.2, 0) is 10.0 Å². The molecule has 0 N–H and O–H groups in total. The molecule has 28 heavy (non-hydrogen) atoms. The van der Waals surface area contributed by atoms with Gasteiger partial charge in [-0.3, -0.25) is 0 Å². The van der Waals surface area contributed by atoms with E-state index in [1.165, 1.54) is 10.4 Å². The topological polar surface area (TPSA) is 59.1 Å². The van der Waals surface area contributed by atoms with Gasteiger partial charge >= 0.3 is 0 Å². The van der Waals surface area contributed by atoms with Gasteiger partial charge in [0, 0.05) is 31.9 Å². The number of hydrogen-bond donors (Lipinski definition) is 0. The van der Waals surface area contributed by atoms with Gasteiger partial charge in [0.25, 0.3) is 0 Å². The van der Waals surface area contributed by atoms with E-state index in [2.05, 4.69) is 0 Å². The zero-order chi connectivity index (χ0) is 20.1. The fourth-order valence-electron chi connectivity index (χ4n) is 2.97. The summed E-state index contributed by atoms with van der Waals surface area (Å²) in [6.07, 6.45) is 0. The Kier molecular flexibility index (Phi) is 6.64. The first kappa shape index (κ1) is 20.7. The smallest absolute Gasteiger partial charge is 0.217 e. The van der Waals surface area contributed by atoms with Gasteiger partial charge < -0.3 is 14.4 Å². The minimum Gasteiger partial charge on any atom is -0.497 e. The van der Waals surface area contributed by atoms with Crippen LogP contribution in [0.25, 0.3) is 0 Å². The van der Waals surface area contributed by atoms with E-state index >= 15 is 0 Å². The molecule has 0 atom stereocenters. The Morgan fingerprint density at radius 3 is 2.29 bits per heavy atom.